The molecule has 0 aromatic heterocycles. The highest BCUT2D eigenvalue weighted by Gasteiger charge is 2.05. The van der Waals surface area contributed by atoms with Gasteiger partial charge in [-0.1, -0.05) is 17.7 Å². The average Bonchev–Trinajstić information content (AvgIpc) is 2.21. The largest absolute Gasteiger partial charge is 0.391 e. The quantitative estimate of drug-likeness (QED) is 0.720. The topological polar surface area (TPSA) is 58.3 Å². The zero-order valence-electron chi connectivity index (χ0n) is 8.83. The van der Waals surface area contributed by atoms with E-state index in [1.54, 1.807) is 0 Å². The molecule has 4 heteroatoms. The molecule has 0 bridgehead atoms. The van der Waals surface area contributed by atoms with E-state index in [2.05, 4.69) is 5.32 Å². The Balaban J connectivity index is 2.54. The Morgan fingerprint density at radius 2 is 2.27 bits per heavy atom. The van der Waals surface area contributed by atoms with Crippen LogP contribution >= 0.6 is 11.6 Å². The molecule has 1 rings (SSSR count). The van der Waals surface area contributed by atoms with Gasteiger partial charge in [-0.25, -0.2) is 0 Å². The zero-order chi connectivity index (χ0) is 11.3. The first-order valence-electron chi connectivity index (χ1n) is 5.02. The highest BCUT2D eigenvalue weighted by Crippen LogP contribution is 2.22. The molecule has 0 aliphatic heterocycles. The highest BCUT2D eigenvalue weighted by molar-refractivity contribution is 6.31. The molecular formula is C11H17ClN2O. The van der Waals surface area contributed by atoms with Crippen LogP contribution in [0.3, 0.4) is 0 Å². The van der Waals surface area contributed by atoms with Crippen molar-refractivity contribution in [1.29, 1.82) is 0 Å². The first-order chi connectivity index (χ1) is 7.15. The van der Waals surface area contributed by atoms with Gasteiger partial charge in [0, 0.05) is 17.3 Å². The van der Waals surface area contributed by atoms with Crippen molar-refractivity contribution >= 4 is 17.3 Å². The van der Waals surface area contributed by atoms with Crippen LogP contribution in [0.4, 0.5) is 5.69 Å². The fraction of sp³-hybridized carbons (Fsp3) is 0.455. The first kappa shape index (κ1) is 12.3. The van der Waals surface area contributed by atoms with Gasteiger partial charge in [-0.2, -0.15) is 0 Å². The number of aliphatic hydroxyl groups excluding tert-OH is 1. The van der Waals surface area contributed by atoms with Crippen molar-refractivity contribution in [2.45, 2.75) is 19.4 Å². The zero-order valence-corrected chi connectivity index (χ0v) is 9.59. The summed E-state index contributed by atoms with van der Waals surface area (Å²) in [6.07, 6.45) is 0.195. The van der Waals surface area contributed by atoms with E-state index in [-0.39, 0.29) is 0 Å². The van der Waals surface area contributed by atoms with Crippen molar-refractivity contribution in [2.75, 3.05) is 18.4 Å². The van der Waals surface area contributed by atoms with Gasteiger partial charge in [-0.15, -0.1) is 0 Å². The van der Waals surface area contributed by atoms with Crippen LogP contribution in [0.2, 0.25) is 5.02 Å². The molecule has 1 aromatic carbocycles. The number of anilines is 1. The summed E-state index contributed by atoms with van der Waals surface area (Å²) >= 11 is 5.97. The van der Waals surface area contributed by atoms with E-state index in [1.165, 1.54) is 0 Å². The van der Waals surface area contributed by atoms with Gasteiger partial charge in [0.2, 0.25) is 0 Å². The van der Waals surface area contributed by atoms with Gasteiger partial charge < -0.3 is 16.2 Å². The predicted octanol–water partition coefficient (Wildman–Crippen LogP) is 1.77. The molecule has 3 nitrogen and oxygen atoms in total. The fourth-order valence-electron chi connectivity index (χ4n) is 1.32. The molecule has 15 heavy (non-hydrogen) atoms. The Morgan fingerprint density at radius 1 is 1.53 bits per heavy atom. The monoisotopic (exact) mass is 228 g/mol. The van der Waals surface area contributed by atoms with Crippen LogP contribution in [-0.4, -0.2) is 24.3 Å². The maximum absolute atomic E-state index is 9.50. The molecular weight excluding hydrogens is 212 g/mol. The standard InChI is InChI=1S/C11H17ClN2O/c1-8-10(12)3-2-4-11(8)14-7-9(15)5-6-13/h2-4,9,14-15H,5-7,13H2,1H3. The molecule has 1 unspecified atom stereocenters. The smallest absolute Gasteiger partial charge is 0.0724 e. The van der Waals surface area contributed by atoms with Crippen molar-refractivity contribution < 1.29 is 5.11 Å². The van der Waals surface area contributed by atoms with Gasteiger partial charge >= 0.3 is 0 Å². The van der Waals surface area contributed by atoms with E-state index in [0.29, 0.717) is 19.5 Å². The fourth-order valence-corrected chi connectivity index (χ4v) is 1.50. The molecule has 0 aliphatic carbocycles. The molecule has 0 radical (unpaired) electrons. The summed E-state index contributed by atoms with van der Waals surface area (Å²) in [6, 6.07) is 5.67. The van der Waals surface area contributed by atoms with Crippen molar-refractivity contribution in [3.8, 4) is 0 Å². The first-order valence-corrected chi connectivity index (χ1v) is 5.40. The Kier molecular flexibility index (Phi) is 4.88. The van der Waals surface area contributed by atoms with Crippen LogP contribution in [0.15, 0.2) is 18.2 Å². The molecule has 0 saturated carbocycles. The van der Waals surface area contributed by atoms with Gasteiger partial charge in [-0.3, -0.25) is 0 Å². The lowest BCUT2D eigenvalue weighted by Crippen LogP contribution is -2.22. The van der Waals surface area contributed by atoms with Crippen LogP contribution in [-0.2, 0) is 0 Å². The summed E-state index contributed by atoms with van der Waals surface area (Å²) in [7, 11) is 0. The third-order valence-corrected chi connectivity index (χ3v) is 2.71. The lowest BCUT2D eigenvalue weighted by Gasteiger charge is -2.14. The van der Waals surface area contributed by atoms with Crippen LogP contribution in [0.1, 0.15) is 12.0 Å². The summed E-state index contributed by atoms with van der Waals surface area (Å²) in [5.74, 6) is 0. The van der Waals surface area contributed by atoms with E-state index in [9.17, 15) is 5.11 Å². The molecule has 0 aliphatic rings. The second-order valence-electron chi connectivity index (χ2n) is 3.52. The van der Waals surface area contributed by atoms with Crippen molar-refractivity contribution in [3.05, 3.63) is 28.8 Å². The van der Waals surface area contributed by atoms with Crippen molar-refractivity contribution in [3.63, 3.8) is 0 Å². The van der Waals surface area contributed by atoms with Gasteiger partial charge in [0.1, 0.15) is 0 Å². The highest BCUT2D eigenvalue weighted by atomic mass is 35.5. The summed E-state index contributed by atoms with van der Waals surface area (Å²) in [5, 5.41) is 13.4. The van der Waals surface area contributed by atoms with Crippen LogP contribution < -0.4 is 11.1 Å². The minimum atomic E-state index is -0.409. The number of nitrogens with one attached hydrogen (secondary N) is 1. The number of halogens is 1. The van der Waals surface area contributed by atoms with Crippen LogP contribution in [0.25, 0.3) is 0 Å². The number of rotatable bonds is 5. The third-order valence-electron chi connectivity index (χ3n) is 2.30. The number of hydrogen-bond donors (Lipinski definition) is 3. The van der Waals surface area contributed by atoms with Gasteiger partial charge in [0.25, 0.3) is 0 Å². The summed E-state index contributed by atoms with van der Waals surface area (Å²) in [6.45, 7) is 2.94. The van der Waals surface area contributed by atoms with Gasteiger partial charge in [0.15, 0.2) is 0 Å². The van der Waals surface area contributed by atoms with Crippen LogP contribution in [0, 0.1) is 6.92 Å². The SMILES string of the molecule is Cc1c(Cl)cccc1NCC(O)CCN. The van der Waals surface area contributed by atoms with Gasteiger partial charge in [0.05, 0.1) is 6.10 Å². The van der Waals surface area contributed by atoms with E-state index in [0.717, 1.165) is 16.3 Å². The van der Waals surface area contributed by atoms with E-state index >= 15 is 0 Å². The molecule has 0 spiro atoms. The second kappa shape index (κ2) is 5.95. The number of nitrogens with two attached hydrogens (primary N) is 1. The summed E-state index contributed by atoms with van der Waals surface area (Å²) in [5.41, 5.74) is 7.30. The second-order valence-corrected chi connectivity index (χ2v) is 3.93. The van der Waals surface area contributed by atoms with E-state index < -0.39 is 6.10 Å². The molecule has 1 atom stereocenters. The minimum Gasteiger partial charge on any atom is -0.391 e. The Morgan fingerprint density at radius 3 is 2.93 bits per heavy atom. The van der Waals surface area contributed by atoms with Crippen molar-refractivity contribution in [2.24, 2.45) is 5.73 Å². The molecule has 1 aromatic rings. The normalized spacial score (nSPS) is 12.5. The lowest BCUT2D eigenvalue weighted by molar-refractivity contribution is 0.180. The minimum absolute atomic E-state index is 0.409. The maximum Gasteiger partial charge on any atom is 0.0724 e. The van der Waals surface area contributed by atoms with Crippen LogP contribution in [0.5, 0.6) is 0 Å². The molecule has 0 fully saturated rings. The van der Waals surface area contributed by atoms with E-state index in [1.807, 2.05) is 25.1 Å². The predicted molar refractivity (Wildman–Crippen MR) is 64.4 cm³/mol. The molecule has 4 N–H and O–H groups in total. The molecule has 84 valence electrons. The molecule has 0 heterocycles. The number of benzene rings is 1. The van der Waals surface area contributed by atoms with Gasteiger partial charge in [-0.05, 0) is 37.6 Å². The van der Waals surface area contributed by atoms with Crippen molar-refractivity contribution in [1.82, 2.24) is 0 Å². The maximum atomic E-state index is 9.50. The Labute approximate surface area is 95.2 Å². The van der Waals surface area contributed by atoms with E-state index in [4.69, 9.17) is 17.3 Å². The summed E-state index contributed by atoms with van der Waals surface area (Å²) in [4.78, 5) is 0. The molecule has 0 saturated heterocycles. The average molecular weight is 229 g/mol. The Bertz CT molecular complexity index is 317. The number of hydrogen-bond acceptors (Lipinski definition) is 3. The number of aliphatic hydroxyl groups is 1. The summed E-state index contributed by atoms with van der Waals surface area (Å²) < 4.78 is 0. The third kappa shape index (κ3) is 3.70. The lowest BCUT2D eigenvalue weighted by atomic mass is 10.2. The molecule has 0 amide bonds. The Hall–Kier alpha value is -0.770.